The molecule has 1 aliphatic heterocycles. The molecule has 0 saturated carbocycles. The van der Waals surface area contributed by atoms with Crippen molar-refractivity contribution < 1.29 is 0 Å². The van der Waals surface area contributed by atoms with Crippen LogP contribution in [0.2, 0.25) is 0 Å². The van der Waals surface area contributed by atoms with Gasteiger partial charge in [-0.15, -0.1) is 0 Å². The Morgan fingerprint density at radius 3 is 1.69 bits per heavy atom. The Balaban J connectivity index is 1.50. The summed E-state index contributed by atoms with van der Waals surface area (Å²) in [6.07, 6.45) is 0. The van der Waals surface area contributed by atoms with Gasteiger partial charge < -0.3 is 9.13 Å². The quantitative estimate of drug-likeness (QED) is 0.238. The summed E-state index contributed by atoms with van der Waals surface area (Å²) in [5.74, 6) is 0. The summed E-state index contributed by atoms with van der Waals surface area (Å²) in [4.78, 5) is 0. The molecule has 0 fully saturated rings. The van der Waals surface area contributed by atoms with Crippen LogP contribution in [0.15, 0.2) is 109 Å². The monoisotopic (exact) mass is 448 g/mol. The Bertz CT molecular complexity index is 1930. The second-order valence-corrected chi connectivity index (χ2v) is 10.3. The minimum Gasteiger partial charge on any atom is -0.309 e. The maximum atomic E-state index is 2.48. The fourth-order valence-corrected chi connectivity index (χ4v) is 6.48. The maximum Gasteiger partial charge on any atom is 0.0582 e. The molecule has 8 rings (SSSR count). The molecule has 0 spiro atoms. The van der Waals surface area contributed by atoms with Gasteiger partial charge >= 0.3 is 0 Å². The zero-order chi connectivity index (χ0) is 23.3. The van der Waals surface area contributed by atoms with Gasteiger partial charge in [0.05, 0.1) is 27.8 Å². The average molecular weight is 449 g/mol. The summed E-state index contributed by atoms with van der Waals surface area (Å²) in [6.45, 7) is 4.74. The molecule has 7 aromatic rings. The highest BCUT2D eigenvalue weighted by atomic mass is 15.0. The Kier molecular flexibility index (Phi) is 3.50. The summed E-state index contributed by atoms with van der Waals surface area (Å²) in [5.41, 5.74) is 10.2. The summed E-state index contributed by atoms with van der Waals surface area (Å²) in [6, 6.07) is 40.1. The lowest BCUT2D eigenvalue weighted by atomic mass is 9.74. The molecule has 1 aliphatic rings. The Morgan fingerprint density at radius 2 is 1.03 bits per heavy atom. The average Bonchev–Trinajstić information content (AvgIpc) is 3.41. The topological polar surface area (TPSA) is 9.86 Å². The molecule has 35 heavy (non-hydrogen) atoms. The smallest absolute Gasteiger partial charge is 0.0582 e. The first-order chi connectivity index (χ1) is 17.1. The first-order valence-electron chi connectivity index (χ1n) is 12.3. The predicted molar refractivity (Wildman–Crippen MR) is 147 cm³/mol. The number of nitrogens with zero attached hydrogens (tertiary/aromatic N) is 2. The number of aromatic nitrogens is 2. The lowest BCUT2D eigenvalue weighted by Crippen LogP contribution is -2.26. The molecule has 0 atom stereocenters. The second-order valence-electron chi connectivity index (χ2n) is 10.3. The van der Waals surface area contributed by atoms with E-state index >= 15 is 0 Å². The SMILES string of the molecule is CC1(C)c2cc(-n3c4ccccc4c4ccccc43)ccc2-n2c3ccccc3c3cccc1c32. The number of fused-ring (bicyclic) bond motifs is 8. The fourth-order valence-electron chi connectivity index (χ4n) is 6.48. The third-order valence-corrected chi connectivity index (χ3v) is 8.10. The minimum atomic E-state index is -0.117. The molecule has 5 aromatic carbocycles. The highest BCUT2D eigenvalue weighted by molar-refractivity contribution is 6.12. The molecular formula is C33H24N2. The number of hydrogen-bond acceptors (Lipinski definition) is 0. The van der Waals surface area contributed by atoms with Crippen LogP contribution in [0.25, 0.3) is 55.0 Å². The van der Waals surface area contributed by atoms with Crippen LogP contribution in [-0.4, -0.2) is 9.13 Å². The van der Waals surface area contributed by atoms with Crippen molar-refractivity contribution in [3.63, 3.8) is 0 Å². The number of hydrogen-bond donors (Lipinski definition) is 0. The Hall–Kier alpha value is -4.30. The molecular weight excluding hydrogens is 424 g/mol. The summed E-state index contributed by atoms with van der Waals surface area (Å²) in [5, 5.41) is 5.25. The van der Waals surface area contributed by atoms with Gasteiger partial charge in [0.15, 0.2) is 0 Å². The van der Waals surface area contributed by atoms with E-state index in [-0.39, 0.29) is 5.41 Å². The van der Waals surface area contributed by atoms with Crippen molar-refractivity contribution in [3.8, 4) is 11.4 Å². The fraction of sp³-hybridized carbons (Fsp3) is 0.0909. The maximum absolute atomic E-state index is 2.48. The highest BCUT2D eigenvalue weighted by Crippen LogP contribution is 2.48. The van der Waals surface area contributed by atoms with Gasteiger partial charge in [-0.2, -0.15) is 0 Å². The van der Waals surface area contributed by atoms with Crippen LogP contribution in [0.1, 0.15) is 25.0 Å². The van der Waals surface area contributed by atoms with E-state index in [1.54, 1.807) is 0 Å². The van der Waals surface area contributed by atoms with E-state index in [9.17, 15) is 0 Å². The second kappa shape index (κ2) is 6.43. The largest absolute Gasteiger partial charge is 0.309 e. The molecule has 0 radical (unpaired) electrons. The van der Waals surface area contributed by atoms with Gasteiger partial charge in [-0.1, -0.05) is 86.6 Å². The number of rotatable bonds is 1. The van der Waals surface area contributed by atoms with Crippen LogP contribution in [0.3, 0.4) is 0 Å². The molecule has 0 N–H and O–H groups in total. The molecule has 0 saturated heterocycles. The third-order valence-electron chi connectivity index (χ3n) is 8.10. The molecule has 0 bridgehead atoms. The molecule has 0 aliphatic carbocycles. The normalized spacial score (nSPS) is 14.2. The van der Waals surface area contributed by atoms with Gasteiger partial charge in [0.25, 0.3) is 0 Å². The van der Waals surface area contributed by atoms with Gasteiger partial charge in [0.1, 0.15) is 0 Å². The van der Waals surface area contributed by atoms with E-state index in [0.717, 1.165) is 0 Å². The van der Waals surface area contributed by atoms with Crippen molar-refractivity contribution >= 4 is 43.6 Å². The van der Waals surface area contributed by atoms with Gasteiger partial charge in [-0.3, -0.25) is 0 Å². The van der Waals surface area contributed by atoms with Crippen LogP contribution in [0.5, 0.6) is 0 Å². The first kappa shape index (κ1) is 19.1. The van der Waals surface area contributed by atoms with E-state index in [2.05, 4.69) is 132 Å². The molecule has 2 heteroatoms. The highest BCUT2D eigenvalue weighted by Gasteiger charge is 2.35. The van der Waals surface area contributed by atoms with Gasteiger partial charge in [0.2, 0.25) is 0 Å². The van der Waals surface area contributed by atoms with Crippen LogP contribution in [0.4, 0.5) is 0 Å². The molecule has 3 heterocycles. The number of para-hydroxylation sites is 4. The molecule has 166 valence electrons. The lowest BCUT2D eigenvalue weighted by Gasteiger charge is -2.35. The van der Waals surface area contributed by atoms with E-state index in [4.69, 9.17) is 0 Å². The van der Waals surface area contributed by atoms with Crippen LogP contribution < -0.4 is 0 Å². The van der Waals surface area contributed by atoms with E-state index in [1.807, 2.05) is 0 Å². The van der Waals surface area contributed by atoms with Crippen molar-refractivity contribution in [2.45, 2.75) is 19.3 Å². The molecule has 0 amide bonds. The standard InChI is InChI=1S/C33H24N2/c1-33(2)26-14-9-13-25-24-12-5-8-17-30(24)35(32(25)26)31-19-18-21(20-27(31)33)34-28-15-6-3-10-22(28)23-11-4-7-16-29(23)34/h3-20H,1-2H3. The molecule has 2 nitrogen and oxygen atoms in total. The zero-order valence-corrected chi connectivity index (χ0v) is 19.8. The van der Waals surface area contributed by atoms with Crippen molar-refractivity contribution in [2.75, 3.05) is 0 Å². The Morgan fingerprint density at radius 1 is 0.486 bits per heavy atom. The summed E-state index contributed by atoms with van der Waals surface area (Å²) in [7, 11) is 0. The zero-order valence-electron chi connectivity index (χ0n) is 19.8. The summed E-state index contributed by atoms with van der Waals surface area (Å²) >= 11 is 0. The van der Waals surface area contributed by atoms with Crippen molar-refractivity contribution in [3.05, 3.63) is 120 Å². The van der Waals surface area contributed by atoms with Crippen molar-refractivity contribution in [1.82, 2.24) is 9.13 Å². The van der Waals surface area contributed by atoms with Crippen LogP contribution in [0, 0.1) is 0 Å². The van der Waals surface area contributed by atoms with Crippen molar-refractivity contribution in [1.29, 1.82) is 0 Å². The lowest BCUT2D eigenvalue weighted by molar-refractivity contribution is 0.629. The van der Waals surface area contributed by atoms with Gasteiger partial charge in [-0.05, 0) is 47.5 Å². The van der Waals surface area contributed by atoms with Gasteiger partial charge in [-0.25, -0.2) is 0 Å². The molecule has 0 unspecified atom stereocenters. The molecule has 2 aromatic heterocycles. The van der Waals surface area contributed by atoms with E-state index in [0.29, 0.717) is 0 Å². The number of benzene rings is 5. The van der Waals surface area contributed by atoms with Crippen LogP contribution in [-0.2, 0) is 5.41 Å². The van der Waals surface area contributed by atoms with E-state index < -0.39 is 0 Å². The third kappa shape index (κ3) is 2.29. The van der Waals surface area contributed by atoms with E-state index in [1.165, 1.54) is 66.1 Å². The van der Waals surface area contributed by atoms with Crippen molar-refractivity contribution in [2.24, 2.45) is 0 Å². The first-order valence-corrected chi connectivity index (χ1v) is 12.3. The van der Waals surface area contributed by atoms with Crippen LogP contribution >= 0.6 is 0 Å². The Labute approximate surface area is 203 Å². The minimum absolute atomic E-state index is 0.117. The summed E-state index contributed by atoms with van der Waals surface area (Å²) < 4.78 is 4.90. The predicted octanol–water partition coefficient (Wildman–Crippen LogP) is 8.52. The van der Waals surface area contributed by atoms with Gasteiger partial charge in [0, 0.05) is 32.6 Å².